The first-order valence-electron chi connectivity index (χ1n) is 8.31. The van der Waals surface area contributed by atoms with Crippen LogP contribution in [-0.4, -0.2) is 25.4 Å². The van der Waals surface area contributed by atoms with Crippen molar-refractivity contribution in [2.75, 3.05) is 0 Å². The highest BCUT2D eigenvalue weighted by Crippen LogP contribution is 2.13. The van der Waals surface area contributed by atoms with Gasteiger partial charge in [0.1, 0.15) is 12.2 Å². The van der Waals surface area contributed by atoms with Crippen molar-refractivity contribution in [3.8, 4) is 11.5 Å². The Kier molecular flexibility index (Phi) is 5.61. The molecule has 0 saturated heterocycles. The molecular weight excluding hydrogens is 366 g/mol. The molecule has 1 N–H and O–H groups in total. The van der Waals surface area contributed by atoms with E-state index in [1.165, 1.54) is 23.2 Å². The maximum Gasteiger partial charge on any atom is 0.257 e. The molecule has 2 heterocycles. The predicted molar refractivity (Wildman–Crippen MR) is 102 cm³/mol. The number of amides is 1. The topological polar surface area (TPSA) is 89.8 Å². The number of rotatable bonds is 5. The van der Waals surface area contributed by atoms with Gasteiger partial charge in [0, 0.05) is 35.2 Å². The van der Waals surface area contributed by atoms with Crippen molar-refractivity contribution in [2.45, 2.75) is 26.9 Å². The SMILES string of the molecule is Cc1nc(-c2cnccn2)n(CC(=O)NCc2ccc(Cl)cc2)c(=O)c1C. The number of aromatic nitrogens is 4. The average molecular weight is 384 g/mol. The zero-order valence-electron chi connectivity index (χ0n) is 14.9. The van der Waals surface area contributed by atoms with E-state index >= 15 is 0 Å². The minimum absolute atomic E-state index is 0.160. The van der Waals surface area contributed by atoms with Crippen LogP contribution in [0.4, 0.5) is 0 Å². The second kappa shape index (κ2) is 8.09. The summed E-state index contributed by atoms with van der Waals surface area (Å²) in [4.78, 5) is 37.8. The van der Waals surface area contributed by atoms with Crippen molar-refractivity contribution in [1.29, 1.82) is 0 Å². The van der Waals surface area contributed by atoms with Crippen molar-refractivity contribution in [2.24, 2.45) is 0 Å². The van der Waals surface area contributed by atoms with Crippen LogP contribution in [0.1, 0.15) is 16.8 Å². The molecule has 3 rings (SSSR count). The van der Waals surface area contributed by atoms with E-state index in [9.17, 15) is 9.59 Å². The van der Waals surface area contributed by atoms with Crippen LogP contribution in [0.15, 0.2) is 47.7 Å². The van der Waals surface area contributed by atoms with Gasteiger partial charge < -0.3 is 5.32 Å². The normalized spacial score (nSPS) is 10.6. The Balaban J connectivity index is 1.85. The zero-order chi connectivity index (χ0) is 19.4. The van der Waals surface area contributed by atoms with Crippen molar-refractivity contribution in [3.05, 3.63) is 75.1 Å². The minimum atomic E-state index is -0.303. The second-order valence-corrected chi connectivity index (χ2v) is 6.47. The number of benzene rings is 1. The Bertz CT molecular complexity index is 1020. The molecule has 0 aliphatic heterocycles. The molecule has 0 spiro atoms. The fraction of sp³-hybridized carbons (Fsp3) is 0.211. The lowest BCUT2D eigenvalue weighted by molar-refractivity contribution is -0.121. The molecule has 27 heavy (non-hydrogen) atoms. The van der Waals surface area contributed by atoms with Gasteiger partial charge in [-0.05, 0) is 31.5 Å². The molecule has 0 fully saturated rings. The summed E-state index contributed by atoms with van der Waals surface area (Å²) in [6.07, 6.45) is 4.56. The molecule has 0 bridgehead atoms. The van der Waals surface area contributed by atoms with Crippen LogP contribution in [0, 0.1) is 13.8 Å². The van der Waals surface area contributed by atoms with Crippen LogP contribution in [0.25, 0.3) is 11.5 Å². The zero-order valence-corrected chi connectivity index (χ0v) is 15.7. The number of aryl methyl sites for hydroxylation is 1. The molecule has 2 aromatic heterocycles. The lowest BCUT2D eigenvalue weighted by Crippen LogP contribution is -2.34. The molecule has 3 aromatic rings. The molecule has 1 aromatic carbocycles. The van der Waals surface area contributed by atoms with E-state index in [-0.39, 0.29) is 18.0 Å². The van der Waals surface area contributed by atoms with Gasteiger partial charge in [0.25, 0.3) is 5.56 Å². The Hall–Kier alpha value is -3.06. The molecule has 0 aliphatic rings. The van der Waals surface area contributed by atoms with E-state index < -0.39 is 0 Å². The number of carbonyl (C=O) groups is 1. The monoisotopic (exact) mass is 383 g/mol. The molecule has 1 amide bonds. The molecule has 0 atom stereocenters. The first-order chi connectivity index (χ1) is 13.0. The summed E-state index contributed by atoms with van der Waals surface area (Å²) in [7, 11) is 0. The fourth-order valence-corrected chi connectivity index (χ4v) is 2.64. The molecule has 7 nitrogen and oxygen atoms in total. The molecule has 0 saturated carbocycles. The summed E-state index contributed by atoms with van der Waals surface area (Å²) in [6, 6.07) is 7.18. The van der Waals surface area contributed by atoms with Crippen molar-refractivity contribution >= 4 is 17.5 Å². The van der Waals surface area contributed by atoms with Crippen LogP contribution in [0.5, 0.6) is 0 Å². The largest absolute Gasteiger partial charge is 0.350 e. The number of hydrogen-bond acceptors (Lipinski definition) is 5. The third-order valence-corrected chi connectivity index (χ3v) is 4.39. The molecule has 8 heteroatoms. The summed E-state index contributed by atoms with van der Waals surface area (Å²) in [6.45, 7) is 3.62. The van der Waals surface area contributed by atoms with Gasteiger partial charge in [0.2, 0.25) is 5.91 Å². The Morgan fingerprint density at radius 1 is 1.19 bits per heavy atom. The van der Waals surface area contributed by atoms with Gasteiger partial charge in [0.15, 0.2) is 5.82 Å². The summed E-state index contributed by atoms with van der Waals surface area (Å²) in [5, 5.41) is 3.43. The molecule has 0 unspecified atom stereocenters. The predicted octanol–water partition coefficient (Wildman–Crippen LogP) is 2.29. The summed E-state index contributed by atoms with van der Waals surface area (Å²) >= 11 is 5.86. The van der Waals surface area contributed by atoms with Crippen LogP contribution in [0.2, 0.25) is 5.02 Å². The number of nitrogens with one attached hydrogen (secondary N) is 1. The smallest absolute Gasteiger partial charge is 0.257 e. The maximum atomic E-state index is 12.7. The van der Waals surface area contributed by atoms with Gasteiger partial charge in [-0.25, -0.2) is 9.97 Å². The van der Waals surface area contributed by atoms with Gasteiger partial charge in [-0.1, -0.05) is 23.7 Å². The minimum Gasteiger partial charge on any atom is -0.350 e. The van der Waals surface area contributed by atoms with Gasteiger partial charge in [-0.15, -0.1) is 0 Å². The van der Waals surface area contributed by atoms with E-state index in [4.69, 9.17) is 11.6 Å². The van der Waals surface area contributed by atoms with E-state index in [1.807, 2.05) is 12.1 Å². The first-order valence-corrected chi connectivity index (χ1v) is 8.69. The maximum absolute atomic E-state index is 12.7. The highest BCUT2D eigenvalue weighted by atomic mass is 35.5. The van der Waals surface area contributed by atoms with Gasteiger partial charge in [-0.2, -0.15) is 0 Å². The van der Waals surface area contributed by atoms with E-state index in [2.05, 4.69) is 20.3 Å². The number of nitrogens with zero attached hydrogens (tertiary/aromatic N) is 4. The Labute approximate surface area is 161 Å². The van der Waals surface area contributed by atoms with Crippen molar-refractivity contribution < 1.29 is 4.79 Å². The Morgan fingerprint density at radius 2 is 1.93 bits per heavy atom. The lowest BCUT2D eigenvalue weighted by atomic mass is 10.2. The second-order valence-electron chi connectivity index (χ2n) is 6.03. The summed E-state index contributed by atoms with van der Waals surface area (Å²) in [5.41, 5.74) is 2.16. The standard InChI is InChI=1S/C19H18ClN5O2/c1-12-13(2)24-18(16-10-21-7-8-22-16)25(19(12)27)11-17(26)23-9-14-3-5-15(20)6-4-14/h3-8,10H,9,11H2,1-2H3,(H,23,26). The molecular formula is C19H18ClN5O2. The van der Waals surface area contributed by atoms with E-state index in [0.29, 0.717) is 34.3 Å². The lowest BCUT2D eigenvalue weighted by Gasteiger charge is -2.14. The van der Waals surface area contributed by atoms with Crippen molar-refractivity contribution in [3.63, 3.8) is 0 Å². The van der Waals surface area contributed by atoms with Crippen LogP contribution < -0.4 is 10.9 Å². The van der Waals surface area contributed by atoms with E-state index in [0.717, 1.165) is 5.56 Å². The Morgan fingerprint density at radius 3 is 2.59 bits per heavy atom. The number of halogens is 1. The van der Waals surface area contributed by atoms with Gasteiger partial charge in [0.05, 0.1) is 6.20 Å². The number of carbonyl (C=O) groups excluding carboxylic acids is 1. The number of hydrogen-bond donors (Lipinski definition) is 1. The van der Waals surface area contributed by atoms with Crippen LogP contribution in [-0.2, 0) is 17.9 Å². The highest BCUT2D eigenvalue weighted by Gasteiger charge is 2.16. The highest BCUT2D eigenvalue weighted by molar-refractivity contribution is 6.30. The fourth-order valence-electron chi connectivity index (χ4n) is 2.52. The average Bonchev–Trinajstić information content (AvgIpc) is 2.68. The van der Waals surface area contributed by atoms with Crippen LogP contribution in [0.3, 0.4) is 0 Å². The van der Waals surface area contributed by atoms with E-state index in [1.54, 1.807) is 26.0 Å². The molecule has 0 aliphatic carbocycles. The van der Waals surface area contributed by atoms with Gasteiger partial charge >= 0.3 is 0 Å². The van der Waals surface area contributed by atoms with Crippen molar-refractivity contribution in [1.82, 2.24) is 24.8 Å². The summed E-state index contributed by atoms with van der Waals surface area (Å²) in [5.74, 6) is 0.0140. The third-order valence-electron chi connectivity index (χ3n) is 4.13. The first kappa shape index (κ1) is 18.7. The summed E-state index contributed by atoms with van der Waals surface area (Å²) < 4.78 is 1.32. The third kappa shape index (κ3) is 4.38. The molecule has 138 valence electrons. The van der Waals surface area contributed by atoms with Crippen LogP contribution >= 0.6 is 11.6 Å². The molecule has 0 radical (unpaired) electrons. The van der Waals surface area contributed by atoms with Gasteiger partial charge in [-0.3, -0.25) is 19.1 Å². The quantitative estimate of drug-likeness (QED) is 0.730.